The summed E-state index contributed by atoms with van der Waals surface area (Å²) in [5.74, 6) is 0.0154. The lowest BCUT2D eigenvalue weighted by molar-refractivity contribution is -0.130. The minimum Gasteiger partial charge on any atom is -0.379 e. The van der Waals surface area contributed by atoms with Crippen molar-refractivity contribution in [2.24, 2.45) is 0 Å². The summed E-state index contributed by atoms with van der Waals surface area (Å²) in [7, 11) is 0. The number of carbonyl (C=O) groups excluding carboxylic acids is 1. The van der Waals surface area contributed by atoms with Crippen LogP contribution in [0, 0.1) is 11.3 Å². The molecular formula is C17H22ClN3O2. The van der Waals surface area contributed by atoms with E-state index in [4.69, 9.17) is 21.6 Å². The van der Waals surface area contributed by atoms with E-state index in [-0.39, 0.29) is 12.3 Å². The largest absolute Gasteiger partial charge is 0.379 e. The molecule has 0 spiro atoms. The summed E-state index contributed by atoms with van der Waals surface area (Å²) in [6.45, 7) is 5.17. The number of hydrogen-bond acceptors (Lipinski definition) is 4. The van der Waals surface area contributed by atoms with E-state index in [0.29, 0.717) is 24.5 Å². The van der Waals surface area contributed by atoms with Crippen molar-refractivity contribution in [3.63, 3.8) is 0 Å². The van der Waals surface area contributed by atoms with Crippen LogP contribution in [0.15, 0.2) is 24.3 Å². The van der Waals surface area contributed by atoms with Gasteiger partial charge >= 0.3 is 0 Å². The van der Waals surface area contributed by atoms with Crippen molar-refractivity contribution in [1.29, 1.82) is 5.26 Å². The lowest BCUT2D eigenvalue weighted by atomic mass is 10.1. The van der Waals surface area contributed by atoms with Crippen molar-refractivity contribution in [3.05, 3.63) is 34.9 Å². The number of amides is 1. The standard InChI is InChI=1S/C17H22ClN3O2/c18-16-5-2-1-4-15(16)14-17(22)21(7-3-6-19)9-8-20-10-12-23-13-11-20/h1-2,4-5H,3,7-14H2. The van der Waals surface area contributed by atoms with Gasteiger partial charge in [-0.2, -0.15) is 5.26 Å². The van der Waals surface area contributed by atoms with Crippen molar-refractivity contribution in [1.82, 2.24) is 9.80 Å². The van der Waals surface area contributed by atoms with Gasteiger partial charge in [0.15, 0.2) is 0 Å². The second-order valence-corrected chi connectivity index (χ2v) is 5.92. The van der Waals surface area contributed by atoms with Crippen LogP contribution in [0.25, 0.3) is 0 Å². The molecule has 0 atom stereocenters. The quantitative estimate of drug-likeness (QED) is 0.764. The Bertz CT molecular complexity index is 553. The van der Waals surface area contributed by atoms with Gasteiger partial charge in [-0.3, -0.25) is 9.69 Å². The van der Waals surface area contributed by atoms with Crippen LogP contribution in [0.5, 0.6) is 0 Å². The van der Waals surface area contributed by atoms with Crippen LogP contribution in [-0.4, -0.2) is 61.6 Å². The van der Waals surface area contributed by atoms with E-state index in [9.17, 15) is 4.79 Å². The van der Waals surface area contributed by atoms with Gasteiger partial charge in [0.1, 0.15) is 0 Å². The maximum absolute atomic E-state index is 12.6. The highest BCUT2D eigenvalue weighted by atomic mass is 35.5. The third kappa shape index (κ3) is 5.83. The zero-order chi connectivity index (χ0) is 16.5. The average Bonchev–Trinajstić information content (AvgIpc) is 2.58. The molecule has 0 aromatic heterocycles. The summed E-state index contributed by atoms with van der Waals surface area (Å²) >= 11 is 6.13. The average molecular weight is 336 g/mol. The molecule has 1 saturated heterocycles. The molecule has 23 heavy (non-hydrogen) atoms. The number of ether oxygens (including phenoxy) is 1. The van der Waals surface area contributed by atoms with Crippen molar-refractivity contribution < 1.29 is 9.53 Å². The molecule has 1 fully saturated rings. The second-order valence-electron chi connectivity index (χ2n) is 5.51. The van der Waals surface area contributed by atoms with Gasteiger partial charge in [0, 0.05) is 37.7 Å². The highest BCUT2D eigenvalue weighted by molar-refractivity contribution is 6.31. The number of nitriles is 1. The van der Waals surface area contributed by atoms with E-state index in [1.807, 2.05) is 18.2 Å². The molecular weight excluding hydrogens is 314 g/mol. The van der Waals surface area contributed by atoms with Crippen molar-refractivity contribution >= 4 is 17.5 Å². The molecule has 0 unspecified atom stereocenters. The van der Waals surface area contributed by atoms with Gasteiger partial charge in [-0.25, -0.2) is 0 Å². The Hall–Kier alpha value is -1.61. The molecule has 5 nitrogen and oxygen atoms in total. The van der Waals surface area contributed by atoms with Crippen LogP contribution < -0.4 is 0 Å². The monoisotopic (exact) mass is 335 g/mol. The normalized spacial score (nSPS) is 15.1. The third-order valence-electron chi connectivity index (χ3n) is 3.94. The van der Waals surface area contributed by atoms with E-state index < -0.39 is 0 Å². The minimum atomic E-state index is 0.0154. The molecule has 1 aromatic carbocycles. The number of hydrogen-bond donors (Lipinski definition) is 0. The number of rotatable bonds is 7. The number of halogens is 1. The Kier molecular flexibility index (Phi) is 7.34. The Morgan fingerprint density at radius 3 is 2.74 bits per heavy atom. The maximum Gasteiger partial charge on any atom is 0.227 e. The fraction of sp³-hybridized carbons (Fsp3) is 0.529. The second kappa shape index (κ2) is 9.51. The zero-order valence-electron chi connectivity index (χ0n) is 13.2. The Morgan fingerprint density at radius 1 is 1.30 bits per heavy atom. The maximum atomic E-state index is 12.6. The molecule has 1 aliphatic heterocycles. The molecule has 1 aliphatic rings. The van der Waals surface area contributed by atoms with Crippen LogP contribution in [0.3, 0.4) is 0 Å². The van der Waals surface area contributed by atoms with Gasteiger partial charge in [-0.15, -0.1) is 0 Å². The molecule has 0 radical (unpaired) electrons. The van der Waals surface area contributed by atoms with Crippen LogP contribution in [0.4, 0.5) is 0 Å². The smallest absolute Gasteiger partial charge is 0.227 e. The highest BCUT2D eigenvalue weighted by Gasteiger charge is 2.17. The molecule has 2 rings (SSSR count). The first-order chi connectivity index (χ1) is 11.2. The van der Waals surface area contributed by atoms with Gasteiger partial charge in [0.05, 0.1) is 32.1 Å². The fourth-order valence-electron chi connectivity index (χ4n) is 2.55. The summed E-state index contributed by atoms with van der Waals surface area (Å²) in [5.41, 5.74) is 0.826. The summed E-state index contributed by atoms with van der Waals surface area (Å²) in [6.07, 6.45) is 0.617. The minimum absolute atomic E-state index is 0.0154. The predicted octanol–water partition coefficient (Wildman–Crippen LogP) is 1.96. The van der Waals surface area contributed by atoms with Crippen LogP contribution >= 0.6 is 11.6 Å². The van der Waals surface area contributed by atoms with E-state index in [0.717, 1.165) is 38.4 Å². The van der Waals surface area contributed by atoms with E-state index in [1.165, 1.54) is 0 Å². The van der Waals surface area contributed by atoms with E-state index in [1.54, 1.807) is 11.0 Å². The third-order valence-corrected chi connectivity index (χ3v) is 4.30. The zero-order valence-corrected chi connectivity index (χ0v) is 14.0. The summed E-state index contributed by atoms with van der Waals surface area (Å²) < 4.78 is 5.33. The first-order valence-electron chi connectivity index (χ1n) is 7.89. The van der Waals surface area contributed by atoms with E-state index >= 15 is 0 Å². The number of nitrogens with zero attached hydrogens (tertiary/aromatic N) is 3. The Balaban J connectivity index is 1.91. The summed E-state index contributed by atoms with van der Waals surface area (Å²) in [5, 5.41) is 9.42. The molecule has 124 valence electrons. The van der Waals surface area contributed by atoms with Gasteiger partial charge in [-0.1, -0.05) is 29.8 Å². The first kappa shape index (κ1) is 17.7. The van der Waals surface area contributed by atoms with Crippen LogP contribution in [0.1, 0.15) is 12.0 Å². The Labute approximate surface area is 142 Å². The fourth-order valence-corrected chi connectivity index (χ4v) is 2.75. The predicted molar refractivity (Wildman–Crippen MR) is 89.2 cm³/mol. The lowest BCUT2D eigenvalue weighted by Crippen LogP contribution is -2.43. The number of carbonyl (C=O) groups is 1. The molecule has 6 heteroatoms. The molecule has 0 aliphatic carbocycles. The van der Waals surface area contributed by atoms with Crippen molar-refractivity contribution in [2.45, 2.75) is 12.8 Å². The summed E-state index contributed by atoms with van der Waals surface area (Å²) in [6, 6.07) is 9.49. The molecule has 0 N–H and O–H groups in total. The van der Waals surface area contributed by atoms with Crippen molar-refractivity contribution in [3.8, 4) is 6.07 Å². The number of benzene rings is 1. The van der Waals surface area contributed by atoms with Gasteiger partial charge in [-0.05, 0) is 11.6 Å². The highest BCUT2D eigenvalue weighted by Crippen LogP contribution is 2.16. The van der Waals surface area contributed by atoms with Crippen LogP contribution in [0.2, 0.25) is 5.02 Å². The topological polar surface area (TPSA) is 56.6 Å². The van der Waals surface area contributed by atoms with Gasteiger partial charge in [0.2, 0.25) is 5.91 Å². The molecule has 1 heterocycles. The lowest BCUT2D eigenvalue weighted by Gasteiger charge is -2.30. The Morgan fingerprint density at radius 2 is 2.04 bits per heavy atom. The molecule has 1 aromatic rings. The van der Waals surface area contributed by atoms with Gasteiger partial charge in [0.25, 0.3) is 0 Å². The SMILES string of the molecule is N#CCCN(CCN1CCOCC1)C(=O)Cc1ccccc1Cl. The molecule has 0 bridgehead atoms. The first-order valence-corrected chi connectivity index (χ1v) is 8.26. The van der Waals surface area contributed by atoms with E-state index in [2.05, 4.69) is 11.0 Å². The number of morpholine rings is 1. The van der Waals surface area contributed by atoms with Crippen molar-refractivity contribution in [2.75, 3.05) is 45.9 Å². The van der Waals surface area contributed by atoms with Gasteiger partial charge < -0.3 is 9.64 Å². The summed E-state index contributed by atoms with van der Waals surface area (Å²) in [4.78, 5) is 16.6. The molecule has 0 saturated carbocycles. The molecule has 1 amide bonds. The van der Waals surface area contributed by atoms with Crippen LogP contribution in [-0.2, 0) is 16.0 Å².